The molecule has 1 aromatic heterocycles. The number of fused-ring (bicyclic) bond motifs is 7. The number of aryl methyl sites for hydroxylation is 1. The molecule has 5 saturated carbocycles. The van der Waals surface area contributed by atoms with E-state index in [2.05, 4.69) is 48.1 Å². The van der Waals surface area contributed by atoms with Crippen LogP contribution >= 0.6 is 0 Å². The molecule has 0 radical (unpaired) electrons. The Kier molecular flexibility index (Phi) is 7.35. The van der Waals surface area contributed by atoms with E-state index < -0.39 is 0 Å². The van der Waals surface area contributed by atoms with Crippen molar-refractivity contribution in [2.45, 2.75) is 125 Å². The molecule has 5 aliphatic rings. The first-order valence-corrected chi connectivity index (χ1v) is 17.1. The van der Waals surface area contributed by atoms with Crippen molar-refractivity contribution < 1.29 is 19.2 Å². The summed E-state index contributed by atoms with van der Waals surface area (Å²) in [7, 11) is 0. The van der Waals surface area contributed by atoms with Crippen LogP contribution in [0.5, 0.6) is 0 Å². The molecule has 6 rings (SSSR count). The van der Waals surface area contributed by atoms with Crippen LogP contribution < -0.4 is 9.67 Å². The second-order valence-corrected chi connectivity index (χ2v) is 17.0. The Morgan fingerprint density at radius 2 is 1.71 bits per heavy atom. The van der Waals surface area contributed by atoms with E-state index in [0.717, 1.165) is 31.4 Å². The van der Waals surface area contributed by atoms with Gasteiger partial charge in [0.2, 0.25) is 6.54 Å². The minimum Gasteiger partial charge on any atom is -0.854 e. The van der Waals surface area contributed by atoms with Crippen molar-refractivity contribution in [2.24, 2.45) is 56.7 Å². The second kappa shape index (κ2) is 10.2. The zero-order valence-corrected chi connectivity index (χ0v) is 27.6. The van der Waals surface area contributed by atoms with Gasteiger partial charge in [0, 0.05) is 24.5 Å². The van der Waals surface area contributed by atoms with Crippen LogP contribution in [-0.2, 0) is 16.1 Å². The van der Waals surface area contributed by atoms with Crippen LogP contribution in [0, 0.1) is 63.6 Å². The standard InChI is InChI=1S/C38H57NO3/c1-25(2)27-14-19-38(24-40)21-20-36(7)28(33(27)38)12-13-30-35(6)17-16-31(34(4,5)29(35)15-18-37(30,36)8)42-32(41)23-39-22-10-9-11-26(39)3/h9-11,22,27-31,33H,1,12-21,23-24H2,2-8H3/t27?,28?,29?,30?,31-,33?,35-,36+,37+,38+/m0/s1. The first kappa shape index (κ1) is 30.4. The van der Waals surface area contributed by atoms with Crippen LogP contribution in [0.3, 0.4) is 0 Å². The van der Waals surface area contributed by atoms with E-state index in [-0.39, 0.29) is 52.3 Å². The smallest absolute Gasteiger partial charge is 0.372 e. The molecule has 5 unspecified atom stereocenters. The summed E-state index contributed by atoms with van der Waals surface area (Å²) < 4.78 is 8.32. The molecule has 0 bridgehead atoms. The summed E-state index contributed by atoms with van der Waals surface area (Å²) in [6.07, 6.45) is 13.6. The topological polar surface area (TPSA) is 53.2 Å². The number of allylic oxidation sites excluding steroid dienone is 1. The number of esters is 1. The van der Waals surface area contributed by atoms with Crippen LogP contribution in [0.4, 0.5) is 0 Å². The van der Waals surface area contributed by atoms with Gasteiger partial charge in [0.15, 0.2) is 11.9 Å². The van der Waals surface area contributed by atoms with Gasteiger partial charge >= 0.3 is 5.97 Å². The van der Waals surface area contributed by atoms with Crippen molar-refractivity contribution in [1.82, 2.24) is 0 Å². The number of rotatable bonds is 5. The van der Waals surface area contributed by atoms with Gasteiger partial charge in [-0.05, 0) is 122 Å². The number of carbonyl (C=O) groups excluding carboxylic acids is 1. The number of ether oxygens (including phenoxy) is 1. The molecule has 42 heavy (non-hydrogen) atoms. The van der Waals surface area contributed by atoms with Crippen molar-refractivity contribution >= 4 is 5.97 Å². The Balaban J connectivity index is 1.25. The predicted octanol–water partition coefficient (Wildman–Crippen LogP) is 7.21. The fraction of sp³-hybridized carbons (Fsp3) is 0.789. The average Bonchev–Trinajstić information content (AvgIpc) is 3.33. The highest BCUT2D eigenvalue weighted by atomic mass is 16.5. The summed E-state index contributed by atoms with van der Waals surface area (Å²) in [5.41, 5.74) is 3.12. The number of hydrogen-bond acceptors (Lipinski definition) is 3. The lowest BCUT2D eigenvalue weighted by molar-refractivity contribution is -0.692. The summed E-state index contributed by atoms with van der Waals surface area (Å²) in [6.45, 7) is 21.8. The highest BCUT2D eigenvalue weighted by Crippen LogP contribution is 2.77. The molecule has 10 atom stereocenters. The lowest BCUT2D eigenvalue weighted by atomic mass is 9.32. The van der Waals surface area contributed by atoms with Crippen molar-refractivity contribution in [3.8, 4) is 0 Å². The molecular weight excluding hydrogens is 518 g/mol. The van der Waals surface area contributed by atoms with Crippen molar-refractivity contribution in [3.05, 3.63) is 42.2 Å². The highest BCUT2D eigenvalue weighted by molar-refractivity contribution is 5.68. The normalized spacial score (nSPS) is 45.6. The molecule has 0 aliphatic heterocycles. The summed E-state index contributed by atoms with van der Waals surface area (Å²) in [5, 5.41) is 12.9. The molecule has 232 valence electrons. The van der Waals surface area contributed by atoms with Crippen LogP contribution in [-0.4, -0.2) is 18.7 Å². The van der Waals surface area contributed by atoms with E-state index in [4.69, 9.17) is 4.74 Å². The SMILES string of the molecule is C=C(C)C1CC[C@]2(C[O-])CC[C@]3(C)C(CCC4[C@@]5(C)CC[C@H](OC(=O)C[n+]6ccccc6C)C(C)(C)C5CC[C@]43C)C12. The van der Waals surface area contributed by atoms with Crippen molar-refractivity contribution in [3.63, 3.8) is 0 Å². The zero-order valence-electron chi connectivity index (χ0n) is 27.6. The second-order valence-electron chi connectivity index (χ2n) is 17.0. The summed E-state index contributed by atoms with van der Waals surface area (Å²) in [6, 6.07) is 6.02. The molecule has 5 aliphatic carbocycles. The third kappa shape index (κ3) is 4.16. The first-order valence-electron chi connectivity index (χ1n) is 17.1. The third-order valence-corrected chi connectivity index (χ3v) is 15.2. The molecule has 0 aromatic carbocycles. The van der Waals surface area contributed by atoms with Gasteiger partial charge in [-0.1, -0.05) is 52.8 Å². The Labute approximate surface area is 255 Å². The molecule has 1 aromatic rings. The molecular formula is C38H57NO3. The van der Waals surface area contributed by atoms with E-state index in [9.17, 15) is 9.90 Å². The van der Waals surface area contributed by atoms with Crippen molar-refractivity contribution in [1.29, 1.82) is 0 Å². The molecule has 5 fully saturated rings. The minimum atomic E-state index is -0.114. The molecule has 0 saturated heterocycles. The van der Waals surface area contributed by atoms with E-state index in [1.807, 2.05) is 35.9 Å². The molecule has 4 heteroatoms. The molecule has 1 heterocycles. The van der Waals surface area contributed by atoms with Gasteiger partial charge in [-0.15, -0.1) is 6.61 Å². The largest absolute Gasteiger partial charge is 0.854 e. The number of aromatic nitrogens is 1. The van der Waals surface area contributed by atoms with Gasteiger partial charge in [0.1, 0.15) is 6.10 Å². The first-order chi connectivity index (χ1) is 19.7. The Morgan fingerprint density at radius 3 is 2.40 bits per heavy atom. The van der Waals surface area contributed by atoms with Crippen LogP contribution in [0.15, 0.2) is 36.5 Å². The maximum Gasteiger partial charge on any atom is 0.372 e. The van der Waals surface area contributed by atoms with Gasteiger partial charge in [-0.25, -0.2) is 4.79 Å². The average molecular weight is 576 g/mol. The van der Waals surface area contributed by atoms with Gasteiger partial charge in [0.05, 0.1) is 0 Å². The quantitative estimate of drug-likeness (QED) is 0.212. The summed E-state index contributed by atoms with van der Waals surface area (Å²) in [4.78, 5) is 13.2. The predicted molar refractivity (Wildman–Crippen MR) is 165 cm³/mol. The summed E-state index contributed by atoms with van der Waals surface area (Å²) >= 11 is 0. The van der Waals surface area contributed by atoms with E-state index in [1.165, 1.54) is 44.1 Å². The van der Waals surface area contributed by atoms with Crippen LogP contribution in [0.2, 0.25) is 0 Å². The van der Waals surface area contributed by atoms with Gasteiger partial charge in [-0.3, -0.25) is 0 Å². The van der Waals surface area contributed by atoms with E-state index in [0.29, 0.717) is 29.6 Å². The fourth-order valence-electron chi connectivity index (χ4n) is 12.8. The van der Waals surface area contributed by atoms with Crippen molar-refractivity contribution in [2.75, 3.05) is 6.61 Å². The number of pyridine rings is 1. The zero-order chi connectivity index (χ0) is 30.3. The lowest BCUT2D eigenvalue weighted by Crippen LogP contribution is -2.67. The molecule has 4 nitrogen and oxygen atoms in total. The molecule has 0 N–H and O–H groups in total. The highest BCUT2D eigenvalue weighted by Gasteiger charge is 2.70. The van der Waals surface area contributed by atoms with Crippen LogP contribution in [0.1, 0.15) is 111 Å². The maximum atomic E-state index is 13.2. The lowest BCUT2D eigenvalue weighted by Gasteiger charge is -2.73. The fourth-order valence-corrected chi connectivity index (χ4v) is 12.8. The van der Waals surface area contributed by atoms with Crippen LogP contribution in [0.25, 0.3) is 0 Å². The number of hydrogen-bond donors (Lipinski definition) is 0. The van der Waals surface area contributed by atoms with Gasteiger partial charge in [0.25, 0.3) is 0 Å². The van der Waals surface area contributed by atoms with Gasteiger partial charge < -0.3 is 9.84 Å². The minimum absolute atomic E-state index is 0.00139. The van der Waals surface area contributed by atoms with E-state index >= 15 is 0 Å². The maximum absolute atomic E-state index is 13.2. The van der Waals surface area contributed by atoms with E-state index in [1.54, 1.807) is 0 Å². The number of carbonyl (C=O) groups is 1. The third-order valence-electron chi connectivity index (χ3n) is 15.2. The van der Waals surface area contributed by atoms with Gasteiger partial charge in [-0.2, -0.15) is 4.57 Å². The monoisotopic (exact) mass is 575 g/mol. The molecule has 0 spiro atoms. The molecule has 0 amide bonds. The Hall–Kier alpha value is -1.68. The summed E-state index contributed by atoms with van der Waals surface area (Å²) in [5.74, 6) is 2.78. The Morgan fingerprint density at radius 1 is 0.952 bits per heavy atom. The number of nitrogens with zero attached hydrogens (tertiary/aromatic N) is 1. The Bertz CT molecular complexity index is 1240.